The van der Waals surface area contributed by atoms with Gasteiger partial charge in [-0.1, -0.05) is 43.3 Å². The van der Waals surface area contributed by atoms with Crippen LogP contribution in [-0.2, 0) is 6.54 Å². The summed E-state index contributed by atoms with van der Waals surface area (Å²) in [6, 6.07) is 18.0. The molecule has 5 rings (SSSR count). The van der Waals surface area contributed by atoms with Gasteiger partial charge in [-0.15, -0.1) is 0 Å². The Labute approximate surface area is 150 Å². The molecule has 1 saturated carbocycles. The maximum atomic E-state index is 2.70. The summed E-state index contributed by atoms with van der Waals surface area (Å²) in [6.07, 6.45) is 5.33. The summed E-state index contributed by atoms with van der Waals surface area (Å²) in [4.78, 5) is 0. The van der Waals surface area contributed by atoms with Gasteiger partial charge in [-0.2, -0.15) is 4.57 Å². The highest BCUT2D eigenvalue weighted by atomic mass is 15.0. The van der Waals surface area contributed by atoms with E-state index in [0.717, 1.165) is 18.4 Å². The quantitative estimate of drug-likeness (QED) is 0.529. The van der Waals surface area contributed by atoms with Crippen LogP contribution < -0.4 is 4.57 Å². The summed E-state index contributed by atoms with van der Waals surface area (Å²) < 4.78 is 2.70. The van der Waals surface area contributed by atoms with Gasteiger partial charge in [0.15, 0.2) is 5.69 Å². The van der Waals surface area contributed by atoms with Crippen molar-refractivity contribution in [2.75, 3.05) is 0 Å². The maximum absolute atomic E-state index is 2.70. The fraction of sp³-hybridized carbons (Fsp3) is 0.375. The van der Waals surface area contributed by atoms with E-state index in [0.29, 0.717) is 0 Å². The summed E-state index contributed by atoms with van der Waals surface area (Å²) >= 11 is 0. The fourth-order valence-electron chi connectivity index (χ4n) is 5.42. The Balaban J connectivity index is 1.94. The number of pyridine rings is 1. The Morgan fingerprint density at radius 1 is 0.920 bits per heavy atom. The molecule has 0 N–H and O–H groups in total. The van der Waals surface area contributed by atoms with Gasteiger partial charge in [0.2, 0.25) is 5.69 Å². The van der Waals surface area contributed by atoms with Crippen molar-refractivity contribution in [2.24, 2.45) is 0 Å². The Morgan fingerprint density at radius 2 is 1.64 bits per heavy atom. The second-order valence-electron chi connectivity index (χ2n) is 7.87. The van der Waals surface area contributed by atoms with Crippen molar-refractivity contribution < 1.29 is 4.57 Å². The molecule has 0 amide bonds. The summed E-state index contributed by atoms with van der Waals surface area (Å²) in [5.41, 5.74) is 7.56. The van der Waals surface area contributed by atoms with Crippen molar-refractivity contribution in [1.29, 1.82) is 0 Å². The van der Waals surface area contributed by atoms with Crippen LogP contribution in [0.2, 0.25) is 0 Å². The number of aryl methyl sites for hydroxylation is 1. The van der Waals surface area contributed by atoms with Crippen molar-refractivity contribution in [2.45, 2.75) is 57.9 Å². The maximum Gasteiger partial charge on any atom is 0.220 e. The lowest BCUT2D eigenvalue weighted by atomic mass is 9.88. The lowest BCUT2D eigenvalue weighted by Gasteiger charge is -2.20. The number of nitrogens with zero attached hydrogens (tertiary/aromatic N) is 1. The number of aromatic nitrogens is 1. The molecule has 0 aliphatic heterocycles. The van der Waals surface area contributed by atoms with Gasteiger partial charge in [0.05, 0.1) is 5.39 Å². The number of hydrogen-bond donors (Lipinski definition) is 0. The molecule has 1 heterocycles. The highest BCUT2D eigenvalue weighted by Gasteiger charge is 2.46. The van der Waals surface area contributed by atoms with Gasteiger partial charge in [0.1, 0.15) is 6.54 Å². The molecule has 0 spiro atoms. The monoisotopic (exact) mass is 328 g/mol. The lowest BCUT2D eigenvalue weighted by molar-refractivity contribution is -0.693. The van der Waals surface area contributed by atoms with Gasteiger partial charge in [-0.3, -0.25) is 0 Å². The largest absolute Gasteiger partial charge is 0.220 e. The molecule has 2 bridgehead atoms. The van der Waals surface area contributed by atoms with Gasteiger partial charge >= 0.3 is 0 Å². The third kappa shape index (κ3) is 2.11. The average Bonchev–Trinajstić information content (AvgIpc) is 3.25. The van der Waals surface area contributed by atoms with Crippen LogP contribution in [0.5, 0.6) is 0 Å². The summed E-state index contributed by atoms with van der Waals surface area (Å²) in [6.45, 7) is 5.68. The molecule has 126 valence electrons. The molecule has 0 saturated heterocycles. The van der Waals surface area contributed by atoms with Crippen LogP contribution in [0.15, 0.2) is 48.5 Å². The zero-order chi connectivity index (χ0) is 17.0. The van der Waals surface area contributed by atoms with E-state index in [1.807, 2.05) is 0 Å². The van der Waals surface area contributed by atoms with Crippen molar-refractivity contribution >= 4 is 10.8 Å². The highest BCUT2D eigenvalue weighted by Crippen LogP contribution is 2.54. The van der Waals surface area contributed by atoms with E-state index < -0.39 is 0 Å². The lowest BCUT2D eigenvalue weighted by Crippen LogP contribution is -2.42. The van der Waals surface area contributed by atoms with E-state index >= 15 is 0 Å². The van der Waals surface area contributed by atoms with E-state index in [9.17, 15) is 0 Å². The second-order valence-corrected chi connectivity index (χ2v) is 7.87. The minimum atomic E-state index is 0.777. The Kier molecular flexibility index (Phi) is 3.45. The SMILES string of the molecule is CCC[n+]1c2c(c3ccccc3c1-c1ccccc1C)C1CCC2C1. The van der Waals surface area contributed by atoms with E-state index in [1.165, 1.54) is 53.3 Å². The first kappa shape index (κ1) is 15.1. The zero-order valence-electron chi connectivity index (χ0n) is 15.3. The summed E-state index contributed by atoms with van der Waals surface area (Å²) in [7, 11) is 0. The predicted octanol–water partition coefficient (Wildman–Crippen LogP) is 5.88. The molecule has 1 heteroatoms. The molecular formula is C24H26N+. The van der Waals surface area contributed by atoms with Crippen molar-refractivity contribution in [3.63, 3.8) is 0 Å². The van der Waals surface area contributed by atoms with Gasteiger partial charge in [0.25, 0.3) is 0 Å². The first-order chi connectivity index (χ1) is 12.3. The third-order valence-electron chi connectivity index (χ3n) is 6.38. The molecular weight excluding hydrogens is 302 g/mol. The van der Waals surface area contributed by atoms with Gasteiger partial charge in [0, 0.05) is 23.5 Å². The van der Waals surface area contributed by atoms with Crippen LogP contribution in [-0.4, -0.2) is 0 Å². The molecule has 2 atom stereocenters. The normalized spacial score (nSPS) is 21.0. The molecule has 2 aliphatic rings. The minimum Gasteiger partial charge on any atom is -0.195 e. The van der Waals surface area contributed by atoms with Crippen LogP contribution in [0.1, 0.15) is 61.3 Å². The third-order valence-corrected chi connectivity index (χ3v) is 6.38. The van der Waals surface area contributed by atoms with Crippen LogP contribution in [0.4, 0.5) is 0 Å². The molecule has 1 aromatic heterocycles. The zero-order valence-corrected chi connectivity index (χ0v) is 15.3. The molecule has 25 heavy (non-hydrogen) atoms. The minimum absolute atomic E-state index is 0.777. The van der Waals surface area contributed by atoms with Crippen molar-refractivity contribution in [3.05, 3.63) is 65.4 Å². The standard InChI is InChI=1S/C24H26N/c1-3-14-25-23-18-13-12-17(15-18)22(23)20-10-6-7-11-21(20)24(25)19-9-5-4-8-16(19)2/h4-11,17-18H,3,12-15H2,1-2H3/q+1. The van der Waals surface area contributed by atoms with Gasteiger partial charge in [-0.25, -0.2) is 0 Å². The Hall–Kier alpha value is -2.15. The highest BCUT2D eigenvalue weighted by molar-refractivity contribution is 5.96. The smallest absolute Gasteiger partial charge is 0.195 e. The van der Waals surface area contributed by atoms with Gasteiger partial charge in [-0.05, 0) is 55.2 Å². The van der Waals surface area contributed by atoms with Crippen molar-refractivity contribution in [3.8, 4) is 11.3 Å². The Bertz CT molecular complexity index is 969. The number of rotatable bonds is 3. The molecule has 2 aromatic carbocycles. The second kappa shape index (κ2) is 5.69. The predicted molar refractivity (Wildman–Crippen MR) is 104 cm³/mol. The molecule has 2 aliphatic carbocycles. The van der Waals surface area contributed by atoms with E-state index in [1.54, 1.807) is 11.3 Å². The molecule has 3 aromatic rings. The van der Waals surface area contributed by atoms with Crippen LogP contribution in [0, 0.1) is 6.92 Å². The first-order valence-electron chi connectivity index (χ1n) is 9.84. The van der Waals surface area contributed by atoms with E-state index in [4.69, 9.17) is 0 Å². The number of hydrogen-bond acceptors (Lipinski definition) is 0. The summed E-state index contributed by atoms with van der Waals surface area (Å²) in [5, 5.41) is 2.95. The molecule has 1 fully saturated rings. The van der Waals surface area contributed by atoms with Gasteiger partial charge < -0.3 is 0 Å². The molecule has 2 unspecified atom stereocenters. The fourth-order valence-corrected chi connectivity index (χ4v) is 5.42. The number of benzene rings is 2. The summed E-state index contributed by atoms with van der Waals surface area (Å²) in [5.74, 6) is 1.57. The molecule has 0 radical (unpaired) electrons. The van der Waals surface area contributed by atoms with E-state index in [2.05, 4.69) is 66.9 Å². The van der Waals surface area contributed by atoms with E-state index in [-0.39, 0.29) is 0 Å². The van der Waals surface area contributed by atoms with Crippen LogP contribution in [0.25, 0.3) is 22.0 Å². The average molecular weight is 328 g/mol. The van der Waals surface area contributed by atoms with Crippen LogP contribution >= 0.6 is 0 Å². The molecule has 1 nitrogen and oxygen atoms in total. The topological polar surface area (TPSA) is 3.88 Å². The van der Waals surface area contributed by atoms with Crippen LogP contribution in [0.3, 0.4) is 0 Å². The number of fused-ring (bicyclic) bond motifs is 7. The Morgan fingerprint density at radius 3 is 2.44 bits per heavy atom. The first-order valence-corrected chi connectivity index (χ1v) is 9.84. The van der Waals surface area contributed by atoms with Crippen molar-refractivity contribution in [1.82, 2.24) is 0 Å².